The predicted molar refractivity (Wildman–Crippen MR) is 62.5 cm³/mol. The Kier molecular flexibility index (Phi) is 6.41. The first-order chi connectivity index (χ1) is 7.33. The molecule has 0 aromatic rings. The molecule has 3 nitrogen and oxygen atoms in total. The molecule has 0 atom stereocenters. The van der Waals surface area contributed by atoms with E-state index < -0.39 is 0 Å². The van der Waals surface area contributed by atoms with Crippen molar-refractivity contribution in [2.75, 3.05) is 13.1 Å². The third-order valence-electron chi connectivity index (χ3n) is 3.17. The Bertz CT molecular complexity index is 178. The lowest BCUT2D eigenvalue weighted by atomic mass is 9.85. The van der Waals surface area contributed by atoms with E-state index in [0.29, 0.717) is 6.42 Å². The molecule has 1 rings (SSSR count). The third-order valence-corrected chi connectivity index (χ3v) is 3.17. The van der Waals surface area contributed by atoms with Crippen molar-refractivity contribution in [3.63, 3.8) is 0 Å². The maximum atomic E-state index is 11.4. The van der Waals surface area contributed by atoms with Gasteiger partial charge in [-0.05, 0) is 38.1 Å². The molecule has 15 heavy (non-hydrogen) atoms. The molecular weight excluding hydrogens is 188 g/mol. The molecule has 0 radical (unpaired) electrons. The van der Waals surface area contributed by atoms with Gasteiger partial charge in [-0.3, -0.25) is 4.79 Å². The van der Waals surface area contributed by atoms with Crippen molar-refractivity contribution in [2.45, 2.75) is 51.4 Å². The number of amides is 1. The lowest BCUT2D eigenvalue weighted by Gasteiger charge is -2.25. The Balaban J connectivity index is 1.84. The summed E-state index contributed by atoms with van der Waals surface area (Å²) in [6.07, 6.45) is 9.03. The Labute approximate surface area is 92.8 Å². The molecule has 0 bridgehead atoms. The summed E-state index contributed by atoms with van der Waals surface area (Å²) in [5.74, 6) is 1.00. The van der Waals surface area contributed by atoms with Crippen LogP contribution in [0.5, 0.6) is 0 Å². The summed E-state index contributed by atoms with van der Waals surface area (Å²) in [5.41, 5.74) is 5.39. The van der Waals surface area contributed by atoms with Crippen LogP contribution in [-0.4, -0.2) is 19.0 Å². The molecule has 1 aliphatic carbocycles. The van der Waals surface area contributed by atoms with Gasteiger partial charge in [-0.2, -0.15) is 0 Å². The topological polar surface area (TPSA) is 55.1 Å². The highest BCUT2D eigenvalue weighted by Crippen LogP contribution is 2.25. The second kappa shape index (κ2) is 7.69. The van der Waals surface area contributed by atoms with E-state index in [1.807, 2.05) is 0 Å². The molecule has 0 spiro atoms. The summed E-state index contributed by atoms with van der Waals surface area (Å²) < 4.78 is 0. The largest absolute Gasteiger partial charge is 0.356 e. The zero-order valence-corrected chi connectivity index (χ0v) is 9.63. The van der Waals surface area contributed by atoms with Gasteiger partial charge in [0.2, 0.25) is 5.91 Å². The van der Waals surface area contributed by atoms with Crippen molar-refractivity contribution < 1.29 is 4.79 Å². The van der Waals surface area contributed by atoms with E-state index in [1.165, 1.54) is 19.3 Å². The fraction of sp³-hybridized carbons (Fsp3) is 0.917. The van der Waals surface area contributed by atoms with Gasteiger partial charge in [-0.25, -0.2) is 0 Å². The molecule has 0 aromatic carbocycles. The number of hydrogen-bond acceptors (Lipinski definition) is 2. The quantitative estimate of drug-likeness (QED) is 0.603. The molecule has 0 aromatic heterocycles. The van der Waals surface area contributed by atoms with Crippen molar-refractivity contribution in [2.24, 2.45) is 11.7 Å². The minimum atomic E-state index is 0.231. The molecule has 1 aliphatic rings. The lowest BCUT2D eigenvalue weighted by molar-refractivity contribution is -0.121. The van der Waals surface area contributed by atoms with Crippen molar-refractivity contribution in [3.05, 3.63) is 0 Å². The van der Waals surface area contributed by atoms with Crippen molar-refractivity contribution >= 4 is 5.91 Å². The third kappa shape index (κ3) is 5.78. The highest BCUT2D eigenvalue weighted by molar-refractivity contribution is 5.75. The van der Waals surface area contributed by atoms with Crippen molar-refractivity contribution in [3.8, 4) is 0 Å². The molecule has 1 fully saturated rings. The summed E-state index contributed by atoms with van der Waals surface area (Å²) in [6.45, 7) is 1.68. The van der Waals surface area contributed by atoms with E-state index in [0.717, 1.165) is 44.7 Å². The van der Waals surface area contributed by atoms with Crippen LogP contribution in [0.4, 0.5) is 0 Å². The molecule has 0 unspecified atom stereocenters. The summed E-state index contributed by atoms with van der Waals surface area (Å²) in [6, 6.07) is 0. The number of carbonyl (C=O) groups is 1. The fourth-order valence-electron chi connectivity index (χ4n) is 1.83. The number of hydrogen-bond donors (Lipinski definition) is 2. The molecule has 3 N–H and O–H groups in total. The number of nitrogens with one attached hydrogen (secondary N) is 1. The van der Waals surface area contributed by atoms with Gasteiger partial charge >= 0.3 is 0 Å². The maximum Gasteiger partial charge on any atom is 0.220 e. The van der Waals surface area contributed by atoms with Crippen molar-refractivity contribution in [1.82, 2.24) is 5.32 Å². The van der Waals surface area contributed by atoms with Crippen LogP contribution in [0.15, 0.2) is 0 Å². The average Bonchev–Trinajstić information content (AvgIpc) is 2.15. The first kappa shape index (κ1) is 12.5. The Hall–Kier alpha value is -0.570. The Morgan fingerprint density at radius 1 is 1.20 bits per heavy atom. The van der Waals surface area contributed by atoms with Crippen LogP contribution in [0.2, 0.25) is 0 Å². The minimum Gasteiger partial charge on any atom is -0.356 e. The fourth-order valence-corrected chi connectivity index (χ4v) is 1.83. The van der Waals surface area contributed by atoms with E-state index in [1.54, 1.807) is 0 Å². The van der Waals surface area contributed by atoms with Gasteiger partial charge in [-0.15, -0.1) is 0 Å². The minimum absolute atomic E-state index is 0.231. The summed E-state index contributed by atoms with van der Waals surface area (Å²) in [4.78, 5) is 11.4. The van der Waals surface area contributed by atoms with Crippen molar-refractivity contribution in [1.29, 1.82) is 0 Å². The van der Waals surface area contributed by atoms with Crippen LogP contribution in [0.3, 0.4) is 0 Å². The second-order valence-electron chi connectivity index (χ2n) is 4.55. The van der Waals surface area contributed by atoms with Gasteiger partial charge in [0.25, 0.3) is 0 Å². The predicted octanol–water partition coefficient (Wildman–Crippen LogP) is 1.81. The number of rotatable bonds is 8. The molecule has 1 amide bonds. The van der Waals surface area contributed by atoms with Gasteiger partial charge in [-0.1, -0.05) is 19.3 Å². The normalized spacial score (nSPS) is 16.1. The van der Waals surface area contributed by atoms with Crippen LogP contribution >= 0.6 is 0 Å². The molecule has 1 saturated carbocycles. The molecule has 3 heteroatoms. The Morgan fingerprint density at radius 3 is 2.53 bits per heavy atom. The molecule has 0 heterocycles. The molecule has 88 valence electrons. The van der Waals surface area contributed by atoms with Gasteiger partial charge < -0.3 is 11.1 Å². The van der Waals surface area contributed by atoms with E-state index in [9.17, 15) is 4.79 Å². The van der Waals surface area contributed by atoms with Gasteiger partial charge in [0, 0.05) is 13.0 Å². The van der Waals surface area contributed by atoms with Crippen LogP contribution < -0.4 is 11.1 Å². The number of unbranched alkanes of at least 4 members (excludes halogenated alkanes) is 3. The van der Waals surface area contributed by atoms with Crippen LogP contribution in [-0.2, 0) is 4.79 Å². The number of carbonyl (C=O) groups excluding carboxylic acids is 1. The standard InChI is InChI=1S/C12H24N2O/c13-9-4-2-1-3-8-12(15)14-10-11-6-5-7-11/h11H,1-10,13H2,(H,14,15). The zero-order chi connectivity index (χ0) is 10.9. The lowest BCUT2D eigenvalue weighted by Crippen LogP contribution is -2.31. The monoisotopic (exact) mass is 212 g/mol. The molecule has 0 saturated heterocycles. The first-order valence-electron chi connectivity index (χ1n) is 6.29. The maximum absolute atomic E-state index is 11.4. The first-order valence-corrected chi connectivity index (χ1v) is 6.29. The van der Waals surface area contributed by atoms with E-state index in [2.05, 4.69) is 5.32 Å². The van der Waals surface area contributed by atoms with Crippen LogP contribution in [0, 0.1) is 5.92 Å². The van der Waals surface area contributed by atoms with Crippen LogP contribution in [0.25, 0.3) is 0 Å². The average molecular weight is 212 g/mol. The van der Waals surface area contributed by atoms with E-state index in [4.69, 9.17) is 5.73 Å². The highest BCUT2D eigenvalue weighted by Gasteiger charge is 2.17. The van der Waals surface area contributed by atoms with Gasteiger partial charge in [0.05, 0.1) is 0 Å². The van der Waals surface area contributed by atoms with Gasteiger partial charge in [0.15, 0.2) is 0 Å². The van der Waals surface area contributed by atoms with E-state index in [-0.39, 0.29) is 5.91 Å². The highest BCUT2D eigenvalue weighted by atomic mass is 16.1. The second-order valence-corrected chi connectivity index (χ2v) is 4.55. The number of nitrogens with two attached hydrogens (primary N) is 1. The summed E-state index contributed by atoms with van der Waals surface area (Å²) >= 11 is 0. The summed E-state index contributed by atoms with van der Waals surface area (Å²) in [5, 5.41) is 3.01. The zero-order valence-electron chi connectivity index (χ0n) is 9.63. The van der Waals surface area contributed by atoms with E-state index >= 15 is 0 Å². The summed E-state index contributed by atoms with van der Waals surface area (Å²) in [7, 11) is 0. The SMILES string of the molecule is NCCCCCCC(=O)NCC1CCC1. The smallest absolute Gasteiger partial charge is 0.220 e. The molecular formula is C12H24N2O. The van der Waals surface area contributed by atoms with Gasteiger partial charge in [0.1, 0.15) is 0 Å². The Morgan fingerprint density at radius 2 is 1.93 bits per heavy atom. The van der Waals surface area contributed by atoms with Crippen LogP contribution in [0.1, 0.15) is 51.4 Å². The molecule has 0 aliphatic heterocycles.